The zero-order valence-electron chi connectivity index (χ0n) is 8.77. The second-order valence-corrected chi connectivity index (χ2v) is 4.20. The van der Waals surface area contributed by atoms with E-state index in [1.54, 1.807) is 19.9 Å². The fraction of sp³-hybridized carbons (Fsp3) is 0.300. The Labute approximate surface area is 101 Å². The predicted molar refractivity (Wildman–Crippen MR) is 61.3 cm³/mol. The van der Waals surface area contributed by atoms with Crippen LogP contribution in [0.5, 0.6) is 0 Å². The van der Waals surface area contributed by atoms with Gasteiger partial charge < -0.3 is 4.74 Å². The summed E-state index contributed by atoms with van der Waals surface area (Å²) in [5.41, 5.74) is -0.318. The molecule has 1 aromatic carbocycles. The number of halogens is 1. The minimum Gasteiger partial charge on any atom is -0.459 e. The summed E-state index contributed by atoms with van der Waals surface area (Å²) < 4.78 is 5.18. The quantitative estimate of drug-likeness (QED) is 0.487. The number of nitro benzene ring substituents is 1. The summed E-state index contributed by atoms with van der Waals surface area (Å²) >= 11 is 3.03. The molecule has 0 saturated carbocycles. The van der Waals surface area contributed by atoms with E-state index in [1.807, 2.05) is 0 Å². The Morgan fingerprint density at radius 3 is 2.62 bits per heavy atom. The molecule has 0 aliphatic heterocycles. The number of rotatable bonds is 3. The van der Waals surface area contributed by atoms with Crippen LogP contribution in [0.25, 0.3) is 0 Å². The van der Waals surface area contributed by atoms with Gasteiger partial charge in [0.2, 0.25) is 0 Å². The van der Waals surface area contributed by atoms with Crippen LogP contribution in [0.15, 0.2) is 22.7 Å². The Bertz CT molecular complexity index is 431. The van der Waals surface area contributed by atoms with Gasteiger partial charge >= 0.3 is 5.97 Å². The number of carbonyl (C=O) groups excluding carboxylic acids is 1. The second-order valence-electron chi connectivity index (χ2n) is 3.35. The molecule has 0 spiro atoms. The van der Waals surface area contributed by atoms with Gasteiger partial charge in [-0.25, -0.2) is 4.79 Å². The third-order valence-electron chi connectivity index (χ3n) is 1.73. The highest BCUT2D eigenvalue weighted by Crippen LogP contribution is 2.29. The molecule has 0 unspecified atom stereocenters. The van der Waals surface area contributed by atoms with Crippen LogP contribution in [0.1, 0.15) is 24.2 Å². The van der Waals surface area contributed by atoms with E-state index in [9.17, 15) is 14.9 Å². The van der Waals surface area contributed by atoms with Gasteiger partial charge in [-0.05, 0) is 41.9 Å². The smallest absolute Gasteiger partial charge is 0.345 e. The summed E-state index contributed by atoms with van der Waals surface area (Å²) in [6.07, 6.45) is -0.314. The van der Waals surface area contributed by atoms with Crippen molar-refractivity contribution in [3.8, 4) is 0 Å². The SMILES string of the molecule is CC(C)OC(=O)c1cccc(Br)c1[N+](=O)[O-]. The lowest BCUT2D eigenvalue weighted by Gasteiger charge is -2.08. The maximum absolute atomic E-state index is 11.6. The van der Waals surface area contributed by atoms with Crippen LogP contribution in [0.3, 0.4) is 0 Å². The second kappa shape index (κ2) is 5.07. The van der Waals surface area contributed by atoms with Gasteiger partial charge in [-0.3, -0.25) is 10.1 Å². The van der Waals surface area contributed by atoms with Crippen LogP contribution in [0.2, 0.25) is 0 Å². The van der Waals surface area contributed by atoms with E-state index in [1.165, 1.54) is 12.1 Å². The molecule has 5 nitrogen and oxygen atoms in total. The first-order valence-electron chi connectivity index (χ1n) is 4.57. The molecule has 0 heterocycles. The van der Waals surface area contributed by atoms with Crippen LogP contribution in [-0.2, 0) is 4.74 Å². The Kier molecular flexibility index (Phi) is 4.00. The Morgan fingerprint density at radius 1 is 1.50 bits per heavy atom. The van der Waals surface area contributed by atoms with E-state index in [4.69, 9.17) is 4.74 Å². The largest absolute Gasteiger partial charge is 0.459 e. The summed E-state index contributed by atoms with van der Waals surface area (Å²) in [6.45, 7) is 3.36. The summed E-state index contributed by atoms with van der Waals surface area (Å²) in [7, 11) is 0. The van der Waals surface area contributed by atoms with Crippen LogP contribution in [0, 0.1) is 10.1 Å². The summed E-state index contributed by atoms with van der Waals surface area (Å²) in [4.78, 5) is 21.8. The molecule has 86 valence electrons. The van der Waals surface area contributed by atoms with Crippen LogP contribution < -0.4 is 0 Å². The Morgan fingerprint density at radius 2 is 2.12 bits per heavy atom. The number of para-hydroxylation sites is 1. The van der Waals surface area contributed by atoms with Gasteiger partial charge in [0.1, 0.15) is 5.56 Å². The topological polar surface area (TPSA) is 69.4 Å². The molecule has 0 amide bonds. The molecule has 0 atom stereocenters. The molecule has 16 heavy (non-hydrogen) atoms. The fourth-order valence-corrected chi connectivity index (χ4v) is 1.65. The van der Waals surface area contributed by atoms with E-state index < -0.39 is 10.9 Å². The number of esters is 1. The highest BCUT2D eigenvalue weighted by molar-refractivity contribution is 9.10. The van der Waals surface area contributed by atoms with Gasteiger partial charge in [-0.2, -0.15) is 0 Å². The number of ether oxygens (including phenoxy) is 1. The molecule has 0 aliphatic carbocycles. The van der Waals surface area contributed by atoms with Crippen molar-refractivity contribution in [2.24, 2.45) is 0 Å². The summed E-state index contributed by atoms with van der Waals surface area (Å²) in [5.74, 6) is -0.692. The van der Waals surface area contributed by atoms with E-state index in [2.05, 4.69) is 15.9 Å². The molecule has 6 heteroatoms. The van der Waals surface area contributed by atoms with Gasteiger partial charge in [0, 0.05) is 0 Å². The van der Waals surface area contributed by atoms with Crippen LogP contribution >= 0.6 is 15.9 Å². The van der Waals surface area contributed by atoms with E-state index >= 15 is 0 Å². The number of nitro groups is 1. The molecule has 0 aromatic heterocycles. The zero-order chi connectivity index (χ0) is 12.3. The first-order chi connectivity index (χ1) is 7.43. The normalized spacial score (nSPS) is 10.2. The lowest BCUT2D eigenvalue weighted by atomic mass is 10.2. The van der Waals surface area contributed by atoms with Gasteiger partial charge in [0.15, 0.2) is 0 Å². The lowest BCUT2D eigenvalue weighted by Crippen LogP contribution is -2.13. The predicted octanol–water partition coefficient (Wildman–Crippen LogP) is 2.92. The molecule has 0 fully saturated rings. The van der Waals surface area contributed by atoms with E-state index in [-0.39, 0.29) is 21.8 Å². The standard InChI is InChI=1S/C10H10BrNO4/c1-6(2)16-10(13)7-4-3-5-8(11)9(7)12(14)15/h3-6H,1-2H3. The number of carbonyl (C=O) groups is 1. The molecule has 0 saturated heterocycles. The molecular formula is C10H10BrNO4. The monoisotopic (exact) mass is 287 g/mol. The average molecular weight is 288 g/mol. The van der Waals surface area contributed by atoms with Crippen molar-refractivity contribution in [3.05, 3.63) is 38.3 Å². The maximum Gasteiger partial charge on any atom is 0.345 e. The number of hydrogen-bond donors (Lipinski definition) is 0. The Balaban J connectivity index is 3.18. The zero-order valence-corrected chi connectivity index (χ0v) is 10.4. The van der Waals surface area contributed by atoms with Crippen LogP contribution in [0.4, 0.5) is 5.69 Å². The van der Waals surface area contributed by atoms with E-state index in [0.717, 1.165) is 0 Å². The molecule has 1 aromatic rings. The van der Waals surface area contributed by atoms with Crippen molar-refractivity contribution in [2.45, 2.75) is 20.0 Å². The number of nitrogens with zero attached hydrogens (tertiary/aromatic N) is 1. The molecule has 0 aliphatic rings. The van der Waals surface area contributed by atoms with Crippen LogP contribution in [-0.4, -0.2) is 17.0 Å². The highest BCUT2D eigenvalue weighted by atomic mass is 79.9. The van der Waals surface area contributed by atoms with Crippen molar-refractivity contribution in [3.63, 3.8) is 0 Å². The van der Waals surface area contributed by atoms with Crippen molar-refractivity contribution in [2.75, 3.05) is 0 Å². The summed E-state index contributed by atoms with van der Waals surface area (Å²) in [6, 6.07) is 4.42. The number of hydrogen-bond acceptors (Lipinski definition) is 4. The maximum atomic E-state index is 11.6. The minimum absolute atomic E-state index is 0.0481. The Hall–Kier alpha value is -1.43. The molecular weight excluding hydrogens is 278 g/mol. The van der Waals surface area contributed by atoms with Gasteiger partial charge in [0.25, 0.3) is 5.69 Å². The highest BCUT2D eigenvalue weighted by Gasteiger charge is 2.24. The summed E-state index contributed by atoms with van der Waals surface area (Å²) in [5, 5.41) is 10.8. The molecule has 1 rings (SSSR count). The van der Waals surface area contributed by atoms with Crippen molar-refractivity contribution in [1.82, 2.24) is 0 Å². The fourth-order valence-electron chi connectivity index (χ4n) is 1.14. The average Bonchev–Trinajstić information content (AvgIpc) is 2.15. The van der Waals surface area contributed by atoms with Gasteiger partial charge in [-0.1, -0.05) is 6.07 Å². The first kappa shape index (κ1) is 12.6. The van der Waals surface area contributed by atoms with Crippen molar-refractivity contribution in [1.29, 1.82) is 0 Å². The number of benzene rings is 1. The first-order valence-corrected chi connectivity index (χ1v) is 5.36. The molecule has 0 radical (unpaired) electrons. The molecule has 0 N–H and O–H groups in total. The third-order valence-corrected chi connectivity index (χ3v) is 2.37. The lowest BCUT2D eigenvalue weighted by molar-refractivity contribution is -0.386. The van der Waals surface area contributed by atoms with E-state index in [0.29, 0.717) is 0 Å². The third kappa shape index (κ3) is 2.79. The minimum atomic E-state index is -0.692. The molecule has 0 bridgehead atoms. The van der Waals surface area contributed by atoms with Crippen molar-refractivity contribution >= 4 is 27.6 Å². The van der Waals surface area contributed by atoms with Gasteiger partial charge in [0.05, 0.1) is 15.5 Å². The van der Waals surface area contributed by atoms with Crippen molar-refractivity contribution < 1.29 is 14.5 Å². The van der Waals surface area contributed by atoms with Gasteiger partial charge in [-0.15, -0.1) is 0 Å².